The highest BCUT2D eigenvalue weighted by Gasteiger charge is 2.31. The van der Waals surface area contributed by atoms with Crippen molar-refractivity contribution in [2.75, 3.05) is 6.54 Å². The van der Waals surface area contributed by atoms with E-state index in [0.29, 0.717) is 12.5 Å². The Kier molecular flexibility index (Phi) is 6.21. The molecule has 1 unspecified atom stereocenters. The maximum Gasteiger partial charge on any atom is 0.189 e. The van der Waals surface area contributed by atoms with Crippen LogP contribution in [0.4, 0.5) is 0 Å². The van der Waals surface area contributed by atoms with Crippen LogP contribution >= 0.6 is 24.0 Å². The van der Waals surface area contributed by atoms with Gasteiger partial charge < -0.3 is 15.8 Å². The number of nitrogens with zero attached hydrogens (tertiary/aromatic N) is 1. The van der Waals surface area contributed by atoms with E-state index in [1.54, 1.807) is 0 Å². The second-order valence-electron chi connectivity index (χ2n) is 6.14. The first-order valence-electron chi connectivity index (χ1n) is 5.94. The summed E-state index contributed by atoms with van der Waals surface area (Å²) in [6.45, 7) is 11.1. The van der Waals surface area contributed by atoms with Gasteiger partial charge in [-0.15, -0.1) is 24.0 Å². The molecule has 102 valence electrons. The molecule has 1 aliphatic heterocycles. The third-order valence-corrected chi connectivity index (χ3v) is 2.52. The lowest BCUT2D eigenvalue weighted by molar-refractivity contribution is -0.0106. The van der Waals surface area contributed by atoms with E-state index >= 15 is 0 Å². The molecule has 0 aromatic carbocycles. The van der Waals surface area contributed by atoms with Gasteiger partial charge >= 0.3 is 0 Å². The van der Waals surface area contributed by atoms with E-state index in [1.165, 1.54) is 0 Å². The molecule has 1 heterocycles. The molecule has 1 rings (SSSR count). The van der Waals surface area contributed by atoms with Gasteiger partial charge in [0.2, 0.25) is 0 Å². The van der Waals surface area contributed by atoms with Crippen LogP contribution in [0.15, 0.2) is 4.99 Å². The fourth-order valence-electron chi connectivity index (χ4n) is 1.83. The van der Waals surface area contributed by atoms with Crippen LogP contribution in [0.25, 0.3) is 0 Å². The number of rotatable bonds is 2. The Morgan fingerprint density at radius 2 is 2.06 bits per heavy atom. The predicted octanol–water partition coefficient (Wildman–Crippen LogP) is 2.26. The Morgan fingerprint density at radius 1 is 1.47 bits per heavy atom. The molecule has 17 heavy (non-hydrogen) atoms. The molecule has 0 radical (unpaired) electrons. The van der Waals surface area contributed by atoms with Crippen molar-refractivity contribution in [1.82, 2.24) is 5.32 Å². The van der Waals surface area contributed by atoms with Gasteiger partial charge in [-0.3, -0.25) is 4.99 Å². The van der Waals surface area contributed by atoms with Crippen LogP contribution in [0.1, 0.15) is 47.5 Å². The van der Waals surface area contributed by atoms with Gasteiger partial charge in [0.15, 0.2) is 5.96 Å². The number of hydrogen-bond donors (Lipinski definition) is 2. The average molecular weight is 355 g/mol. The van der Waals surface area contributed by atoms with Crippen LogP contribution in [0.3, 0.4) is 0 Å². The first kappa shape index (κ1) is 17.0. The third kappa shape index (κ3) is 7.08. The Bertz CT molecular complexity index is 271. The maximum absolute atomic E-state index is 5.84. The summed E-state index contributed by atoms with van der Waals surface area (Å²) in [4.78, 5) is 4.32. The molecule has 0 aromatic heterocycles. The Hall–Kier alpha value is -0.0400. The van der Waals surface area contributed by atoms with Gasteiger partial charge in [-0.05, 0) is 47.5 Å². The monoisotopic (exact) mass is 355 g/mol. The fraction of sp³-hybridized carbons (Fsp3) is 0.917. The standard InChI is InChI=1S/C12H25N3O.HI/c1-11(2,3)15-10(13)14-8-9-6-7-12(4,5)16-9;/h9H,6-8H2,1-5H3,(H3,13,14,15);1H. The van der Waals surface area contributed by atoms with Gasteiger partial charge in [0.1, 0.15) is 0 Å². The van der Waals surface area contributed by atoms with E-state index in [4.69, 9.17) is 10.5 Å². The van der Waals surface area contributed by atoms with Crippen molar-refractivity contribution in [1.29, 1.82) is 0 Å². The minimum Gasteiger partial charge on any atom is -0.370 e. The molecule has 0 bridgehead atoms. The van der Waals surface area contributed by atoms with E-state index < -0.39 is 0 Å². The molecular weight excluding hydrogens is 329 g/mol. The number of hydrogen-bond acceptors (Lipinski definition) is 2. The maximum atomic E-state index is 5.84. The van der Waals surface area contributed by atoms with Crippen molar-refractivity contribution in [3.63, 3.8) is 0 Å². The number of halogens is 1. The van der Waals surface area contributed by atoms with E-state index in [2.05, 4.69) is 44.9 Å². The zero-order valence-electron chi connectivity index (χ0n) is 11.5. The fourth-order valence-corrected chi connectivity index (χ4v) is 1.83. The van der Waals surface area contributed by atoms with E-state index in [9.17, 15) is 0 Å². The Morgan fingerprint density at radius 3 is 2.47 bits per heavy atom. The first-order chi connectivity index (χ1) is 7.18. The zero-order valence-corrected chi connectivity index (χ0v) is 13.9. The van der Waals surface area contributed by atoms with Crippen molar-refractivity contribution >= 4 is 29.9 Å². The molecule has 0 aliphatic carbocycles. The molecule has 0 amide bonds. The highest BCUT2D eigenvalue weighted by molar-refractivity contribution is 14.0. The topological polar surface area (TPSA) is 59.6 Å². The summed E-state index contributed by atoms with van der Waals surface area (Å²) in [5, 5.41) is 3.14. The minimum atomic E-state index is -0.0383. The Balaban J connectivity index is 0.00000256. The summed E-state index contributed by atoms with van der Waals surface area (Å²) in [6, 6.07) is 0. The van der Waals surface area contributed by atoms with Crippen LogP contribution < -0.4 is 11.1 Å². The molecule has 0 spiro atoms. The van der Waals surface area contributed by atoms with Crippen LogP contribution in [0, 0.1) is 0 Å². The number of aliphatic imine (C=N–C) groups is 1. The lowest BCUT2D eigenvalue weighted by atomic mass is 10.1. The summed E-state index contributed by atoms with van der Waals surface area (Å²) in [5.74, 6) is 0.501. The largest absolute Gasteiger partial charge is 0.370 e. The molecule has 1 fully saturated rings. The molecule has 4 nitrogen and oxygen atoms in total. The van der Waals surface area contributed by atoms with Crippen LogP contribution in [0.2, 0.25) is 0 Å². The molecule has 5 heteroatoms. The van der Waals surface area contributed by atoms with E-state index in [-0.39, 0.29) is 41.2 Å². The van der Waals surface area contributed by atoms with E-state index in [0.717, 1.165) is 12.8 Å². The highest BCUT2D eigenvalue weighted by atomic mass is 127. The summed E-state index contributed by atoms with van der Waals surface area (Å²) in [6.07, 6.45) is 2.38. The number of nitrogens with one attached hydrogen (secondary N) is 1. The van der Waals surface area contributed by atoms with Crippen molar-refractivity contribution in [2.45, 2.75) is 64.7 Å². The minimum absolute atomic E-state index is 0. The number of guanidine groups is 1. The molecule has 1 saturated heterocycles. The lowest BCUT2D eigenvalue weighted by Gasteiger charge is -2.22. The van der Waals surface area contributed by atoms with Crippen LogP contribution in [-0.4, -0.2) is 29.7 Å². The highest BCUT2D eigenvalue weighted by Crippen LogP contribution is 2.29. The molecule has 1 aliphatic rings. The smallest absolute Gasteiger partial charge is 0.189 e. The zero-order chi connectivity index (χ0) is 12.4. The number of ether oxygens (including phenoxy) is 1. The summed E-state index contributed by atoms with van der Waals surface area (Å²) in [7, 11) is 0. The van der Waals surface area contributed by atoms with E-state index in [1.807, 2.05) is 0 Å². The first-order valence-corrected chi connectivity index (χ1v) is 5.94. The number of nitrogens with two attached hydrogens (primary N) is 1. The molecule has 0 aromatic rings. The van der Waals surface area contributed by atoms with Crippen molar-refractivity contribution in [3.8, 4) is 0 Å². The Labute approximate surface area is 122 Å². The van der Waals surface area contributed by atoms with Crippen LogP contribution in [-0.2, 0) is 4.74 Å². The predicted molar refractivity (Wildman–Crippen MR) is 83.0 cm³/mol. The van der Waals surface area contributed by atoms with Gasteiger partial charge in [-0.1, -0.05) is 0 Å². The molecule has 3 N–H and O–H groups in total. The van der Waals surface area contributed by atoms with Gasteiger partial charge in [0, 0.05) is 5.54 Å². The molecule has 0 saturated carbocycles. The SMILES string of the molecule is CC(C)(C)NC(N)=NCC1CCC(C)(C)O1.I. The summed E-state index contributed by atoms with van der Waals surface area (Å²) >= 11 is 0. The second kappa shape index (κ2) is 6.22. The van der Waals surface area contributed by atoms with Gasteiger partial charge in [0.25, 0.3) is 0 Å². The summed E-state index contributed by atoms with van der Waals surface area (Å²) in [5.41, 5.74) is 5.76. The lowest BCUT2D eigenvalue weighted by Crippen LogP contribution is -2.45. The summed E-state index contributed by atoms with van der Waals surface area (Å²) < 4.78 is 5.84. The van der Waals surface area contributed by atoms with Crippen molar-refractivity contribution in [3.05, 3.63) is 0 Å². The molecular formula is C12H26IN3O. The van der Waals surface area contributed by atoms with Crippen LogP contribution in [0.5, 0.6) is 0 Å². The van der Waals surface area contributed by atoms with Crippen molar-refractivity contribution < 1.29 is 4.74 Å². The van der Waals surface area contributed by atoms with Gasteiger partial charge in [-0.25, -0.2) is 0 Å². The normalized spacial score (nSPS) is 24.3. The molecule has 1 atom stereocenters. The van der Waals surface area contributed by atoms with Gasteiger partial charge in [-0.2, -0.15) is 0 Å². The van der Waals surface area contributed by atoms with Crippen molar-refractivity contribution in [2.24, 2.45) is 10.7 Å². The average Bonchev–Trinajstić information content (AvgIpc) is 2.39. The quantitative estimate of drug-likeness (QED) is 0.454. The second-order valence-corrected chi connectivity index (χ2v) is 6.14. The third-order valence-electron chi connectivity index (χ3n) is 2.52. The van der Waals surface area contributed by atoms with Gasteiger partial charge in [0.05, 0.1) is 18.2 Å².